The standard InChI is InChI=1S/C10H9N3O/c1-8(14)2-3-9-5-7-13-10(12-9)4-6-11-13/h4-8,14H,1H3. The second kappa shape index (κ2) is 3.48. The van der Waals surface area contributed by atoms with Crippen LogP contribution in [0.25, 0.3) is 5.65 Å². The SMILES string of the molecule is CC(O)C#Cc1ccn2nccc2n1. The summed E-state index contributed by atoms with van der Waals surface area (Å²) in [6.07, 6.45) is 2.83. The molecule has 0 radical (unpaired) electrons. The van der Waals surface area contributed by atoms with Gasteiger partial charge in [0, 0.05) is 12.3 Å². The molecule has 0 saturated heterocycles. The van der Waals surface area contributed by atoms with Crippen molar-refractivity contribution in [2.24, 2.45) is 0 Å². The Morgan fingerprint density at radius 1 is 1.50 bits per heavy atom. The fraction of sp³-hybridized carbons (Fsp3) is 0.200. The molecule has 0 saturated carbocycles. The maximum absolute atomic E-state index is 8.97. The van der Waals surface area contributed by atoms with E-state index in [0.29, 0.717) is 5.69 Å². The summed E-state index contributed by atoms with van der Waals surface area (Å²) in [5.74, 6) is 5.41. The van der Waals surface area contributed by atoms with Crippen molar-refractivity contribution in [3.05, 3.63) is 30.2 Å². The monoisotopic (exact) mass is 187 g/mol. The molecule has 0 aliphatic heterocycles. The Kier molecular flexibility index (Phi) is 2.17. The normalized spacial score (nSPS) is 12.1. The van der Waals surface area contributed by atoms with Crippen LogP contribution in [0.4, 0.5) is 0 Å². The Morgan fingerprint density at radius 3 is 3.14 bits per heavy atom. The predicted octanol–water partition coefficient (Wildman–Crippen LogP) is 0.462. The minimum Gasteiger partial charge on any atom is -0.381 e. The fourth-order valence-corrected chi connectivity index (χ4v) is 1.06. The van der Waals surface area contributed by atoms with Crippen molar-refractivity contribution in [2.75, 3.05) is 0 Å². The second-order valence-electron chi connectivity index (χ2n) is 2.89. The smallest absolute Gasteiger partial charge is 0.156 e. The van der Waals surface area contributed by atoms with E-state index in [1.54, 1.807) is 36.0 Å². The van der Waals surface area contributed by atoms with Gasteiger partial charge >= 0.3 is 0 Å². The average Bonchev–Trinajstić information content (AvgIpc) is 2.61. The van der Waals surface area contributed by atoms with Crippen LogP contribution in [-0.2, 0) is 0 Å². The molecule has 0 aromatic carbocycles. The van der Waals surface area contributed by atoms with Crippen LogP contribution in [-0.4, -0.2) is 25.8 Å². The van der Waals surface area contributed by atoms with Crippen LogP contribution in [0.3, 0.4) is 0 Å². The highest BCUT2D eigenvalue weighted by molar-refractivity contribution is 5.40. The highest BCUT2D eigenvalue weighted by atomic mass is 16.3. The molecule has 0 amide bonds. The number of hydrogen-bond donors (Lipinski definition) is 1. The van der Waals surface area contributed by atoms with Gasteiger partial charge in [-0.3, -0.25) is 0 Å². The van der Waals surface area contributed by atoms with Crippen molar-refractivity contribution < 1.29 is 5.11 Å². The van der Waals surface area contributed by atoms with Gasteiger partial charge in [0.25, 0.3) is 0 Å². The Labute approximate surface area is 81.2 Å². The van der Waals surface area contributed by atoms with Gasteiger partial charge in [-0.1, -0.05) is 5.92 Å². The molecule has 2 aromatic rings. The van der Waals surface area contributed by atoms with Gasteiger partial charge in [-0.25, -0.2) is 9.50 Å². The van der Waals surface area contributed by atoms with E-state index in [2.05, 4.69) is 21.9 Å². The lowest BCUT2D eigenvalue weighted by molar-refractivity contribution is 0.253. The van der Waals surface area contributed by atoms with Gasteiger partial charge in [0.1, 0.15) is 11.8 Å². The maximum Gasteiger partial charge on any atom is 0.156 e. The maximum atomic E-state index is 8.97. The predicted molar refractivity (Wildman–Crippen MR) is 51.5 cm³/mol. The lowest BCUT2D eigenvalue weighted by Crippen LogP contribution is -1.95. The van der Waals surface area contributed by atoms with Crippen molar-refractivity contribution in [3.8, 4) is 11.8 Å². The topological polar surface area (TPSA) is 50.4 Å². The molecular formula is C10H9N3O. The summed E-state index contributed by atoms with van der Waals surface area (Å²) in [5.41, 5.74) is 1.39. The largest absolute Gasteiger partial charge is 0.381 e. The quantitative estimate of drug-likeness (QED) is 0.610. The van der Waals surface area contributed by atoms with E-state index in [1.165, 1.54) is 0 Å². The molecule has 70 valence electrons. The van der Waals surface area contributed by atoms with Gasteiger partial charge in [0.2, 0.25) is 0 Å². The van der Waals surface area contributed by atoms with Crippen molar-refractivity contribution in [3.63, 3.8) is 0 Å². The zero-order valence-electron chi connectivity index (χ0n) is 7.68. The van der Waals surface area contributed by atoms with Gasteiger partial charge < -0.3 is 5.11 Å². The van der Waals surface area contributed by atoms with Gasteiger partial charge in [0.05, 0.1) is 6.20 Å². The number of fused-ring (bicyclic) bond motifs is 1. The summed E-state index contributed by atoms with van der Waals surface area (Å²) in [4.78, 5) is 4.22. The average molecular weight is 187 g/mol. The number of nitrogens with zero attached hydrogens (tertiary/aromatic N) is 3. The molecule has 0 aliphatic carbocycles. The van der Waals surface area contributed by atoms with E-state index >= 15 is 0 Å². The molecule has 0 spiro atoms. The third kappa shape index (κ3) is 1.73. The Balaban J connectivity index is 2.41. The van der Waals surface area contributed by atoms with E-state index in [1.807, 2.05) is 0 Å². The zero-order valence-corrected chi connectivity index (χ0v) is 7.68. The van der Waals surface area contributed by atoms with E-state index in [0.717, 1.165) is 5.65 Å². The first kappa shape index (κ1) is 8.73. The minimum atomic E-state index is -0.627. The first-order valence-corrected chi connectivity index (χ1v) is 4.26. The molecule has 14 heavy (non-hydrogen) atoms. The molecule has 0 aliphatic rings. The zero-order chi connectivity index (χ0) is 9.97. The minimum absolute atomic E-state index is 0.627. The summed E-state index contributed by atoms with van der Waals surface area (Å²) < 4.78 is 1.66. The van der Waals surface area contributed by atoms with E-state index in [4.69, 9.17) is 5.11 Å². The summed E-state index contributed by atoms with van der Waals surface area (Å²) >= 11 is 0. The Morgan fingerprint density at radius 2 is 2.36 bits per heavy atom. The molecular weight excluding hydrogens is 178 g/mol. The lowest BCUT2D eigenvalue weighted by atomic mass is 10.3. The molecule has 1 atom stereocenters. The van der Waals surface area contributed by atoms with Gasteiger partial charge in [0.15, 0.2) is 5.65 Å². The van der Waals surface area contributed by atoms with Crippen molar-refractivity contribution >= 4 is 5.65 Å². The van der Waals surface area contributed by atoms with Crippen LogP contribution in [0.2, 0.25) is 0 Å². The van der Waals surface area contributed by atoms with Gasteiger partial charge in [-0.05, 0) is 18.9 Å². The number of hydrogen-bond acceptors (Lipinski definition) is 3. The van der Waals surface area contributed by atoms with Crippen LogP contribution in [0, 0.1) is 11.8 Å². The number of aliphatic hydroxyl groups is 1. The van der Waals surface area contributed by atoms with Crippen molar-refractivity contribution in [1.82, 2.24) is 14.6 Å². The molecule has 4 heteroatoms. The summed E-state index contributed by atoms with van der Waals surface area (Å²) in [6, 6.07) is 3.56. The van der Waals surface area contributed by atoms with E-state index in [-0.39, 0.29) is 0 Å². The van der Waals surface area contributed by atoms with Crippen LogP contribution < -0.4 is 0 Å². The van der Waals surface area contributed by atoms with Crippen molar-refractivity contribution in [1.29, 1.82) is 0 Å². The first-order chi connectivity index (χ1) is 6.75. The molecule has 2 rings (SSSR count). The Hall–Kier alpha value is -1.86. The molecule has 2 heterocycles. The second-order valence-corrected chi connectivity index (χ2v) is 2.89. The fourth-order valence-electron chi connectivity index (χ4n) is 1.06. The van der Waals surface area contributed by atoms with E-state index < -0.39 is 6.10 Å². The van der Waals surface area contributed by atoms with Gasteiger partial charge in [-0.2, -0.15) is 5.10 Å². The van der Waals surface area contributed by atoms with Crippen LogP contribution in [0.5, 0.6) is 0 Å². The summed E-state index contributed by atoms with van der Waals surface area (Å²) in [5, 5.41) is 13.0. The van der Waals surface area contributed by atoms with Crippen LogP contribution in [0.15, 0.2) is 24.5 Å². The van der Waals surface area contributed by atoms with Crippen LogP contribution in [0.1, 0.15) is 12.6 Å². The lowest BCUT2D eigenvalue weighted by Gasteiger charge is -1.93. The Bertz CT molecular complexity index is 505. The number of aliphatic hydroxyl groups excluding tert-OH is 1. The first-order valence-electron chi connectivity index (χ1n) is 4.26. The third-order valence-corrected chi connectivity index (χ3v) is 1.67. The van der Waals surface area contributed by atoms with Crippen molar-refractivity contribution in [2.45, 2.75) is 13.0 Å². The van der Waals surface area contributed by atoms with E-state index in [9.17, 15) is 0 Å². The molecule has 2 aromatic heterocycles. The number of aromatic nitrogens is 3. The van der Waals surface area contributed by atoms with Gasteiger partial charge in [-0.15, -0.1) is 0 Å². The summed E-state index contributed by atoms with van der Waals surface area (Å²) in [6.45, 7) is 1.62. The molecule has 0 fully saturated rings. The molecule has 0 bridgehead atoms. The summed E-state index contributed by atoms with van der Waals surface area (Å²) in [7, 11) is 0. The molecule has 1 unspecified atom stereocenters. The van der Waals surface area contributed by atoms with Crippen LogP contribution >= 0.6 is 0 Å². The number of rotatable bonds is 0. The highest BCUT2D eigenvalue weighted by Crippen LogP contribution is 1.99. The molecule has 1 N–H and O–H groups in total. The third-order valence-electron chi connectivity index (χ3n) is 1.67. The molecule has 4 nitrogen and oxygen atoms in total. The highest BCUT2D eigenvalue weighted by Gasteiger charge is 1.95.